The van der Waals surface area contributed by atoms with Crippen LogP contribution in [0.5, 0.6) is 0 Å². The lowest BCUT2D eigenvalue weighted by atomic mass is 9.97. The van der Waals surface area contributed by atoms with E-state index in [9.17, 15) is 9.90 Å². The first-order chi connectivity index (χ1) is 8.01. The van der Waals surface area contributed by atoms with E-state index in [2.05, 4.69) is 10.6 Å². The van der Waals surface area contributed by atoms with Crippen LogP contribution in [0.3, 0.4) is 0 Å². The Morgan fingerprint density at radius 3 is 2.53 bits per heavy atom. The largest absolute Gasteiger partial charge is 0.394 e. The van der Waals surface area contributed by atoms with Gasteiger partial charge in [0.1, 0.15) is 0 Å². The van der Waals surface area contributed by atoms with Crippen molar-refractivity contribution in [2.45, 2.75) is 51.6 Å². The predicted octanol–water partition coefficient (Wildman–Crippen LogP) is 1.26. The Morgan fingerprint density at radius 1 is 1.47 bits per heavy atom. The molecule has 5 heteroatoms. The Morgan fingerprint density at radius 2 is 2.12 bits per heavy atom. The van der Waals surface area contributed by atoms with Crippen LogP contribution in [0.2, 0.25) is 0 Å². The number of hydrogen-bond donors (Lipinski definition) is 3. The maximum absolute atomic E-state index is 11.7. The summed E-state index contributed by atoms with van der Waals surface area (Å²) in [5.74, 6) is 0. The number of aliphatic hydroxyl groups excluding tert-OH is 1. The zero-order chi connectivity index (χ0) is 13.3. The second kappa shape index (κ2) is 8.31. The van der Waals surface area contributed by atoms with Crippen LogP contribution in [0.4, 0.5) is 4.79 Å². The van der Waals surface area contributed by atoms with E-state index >= 15 is 0 Å². The lowest BCUT2D eigenvalue weighted by molar-refractivity contribution is 0.148. The fourth-order valence-electron chi connectivity index (χ4n) is 1.69. The molecule has 3 N–H and O–H groups in total. The predicted molar refractivity (Wildman–Crippen MR) is 68.0 cm³/mol. The van der Waals surface area contributed by atoms with E-state index in [1.54, 1.807) is 7.11 Å². The van der Waals surface area contributed by atoms with E-state index in [4.69, 9.17) is 4.74 Å². The molecule has 5 nitrogen and oxygen atoms in total. The highest BCUT2D eigenvalue weighted by atomic mass is 16.5. The normalized spacial score (nSPS) is 16.1. The van der Waals surface area contributed by atoms with Gasteiger partial charge in [-0.15, -0.1) is 0 Å². The fourth-order valence-corrected chi connectivity index (χ4v) is 1.69. The van der Waals surface area contributed by atoms with Crippen molar-refractivity contribution in [3.8, 4) is 0 Å². The summed E-state index contributed by atoms with van der Waals surface area (Å²) in [4.78, 5) is 11.7. The molecule has 0 spiro atoms. The van der Waals surface area contributed by atoms with Crippen molar-refractivity contribution < 1.29 is 14.6 Å². The summed E-state index contributed by atoms with van der Waals surface area (Å²) in [6.45, 7) is 6.28. The molecule has 17 heavy (non-hydrogen) atoms. The van der Waals surface area contributed by atoms with Crippen LogP contribution in [-0.4, -0.2) is 43.0 Å². The molecular weight excluding hydrogens is 220 g/mol. The van der Waals surface area contributed by atoms with Gasteiger partial charge < -0.3 is 20.5 Å². The minimum Gasteiger partial charge on any atom is -0.394 e. The molecule has 0 fully saturated rings. The van der Waals surface area contributed by atoms with E-state index in [-0.39, 0.29) is 18.7 Å². The molecule has 0 saturated carbocycles. The van der Waals surface area contributed by atoms with Gasteiger partial charge in [-0.05, 0) is 19.8 Å². The molecule has 0 aliphatic carbocycles. The molecule has 0 aliphatic rings. The third kappa shape index (κ3) is 6.48. The van der Waals surface area contributed by atoms with Crippen molar-refractivity contribution in [3.63, 3.8) is 0 Å². The average molecular weight is 246 g/mol. The Labute approximate surface area is 104 Å². The van der Waals surface area contributed by atoms with Crippen LogP contribution in [-0.2, 0) is 4.74 Å². The van der Waals surface area contributed by atoms with Gasteiger partial charge in [-0.25, -0.2) is 4.79 Å². The molecule has 0 aromatic carbocycles. The van der Waals surface area contributed by atoms with Gasteiger partial charge in [0.2, 0.25) is 0 Å². The lowest BCUT2D eigenvalue weighted by Crippen LogP contribution is -2.54. The Kier molecular flexibility index (Phi) is 7.91. The molecule has 0 aromatic rings. The smallest absolute Gasteiger partial charge is 0.315 e. The van der Waals surface area contributed by atoms with Gasteiger partial charge >= 0.3 is 6.03 Å². The maximum atomic E-state index is 11.7. The Hall–Kier alpha value is -0.810. The van der Waals surface area contributed by atoms with Crippen molar-refractivity contribution in [3.05, 3.63) is 0 Å². The zero-order valence-corrected chi connectivity index (χ0v) is 11.4. The number of carbonyl (C=O) groups is 1. The molecular formula is C12H26N2O3. The molecule has 2 unspecified atom stereocenters. The number of methoxy groups -OCH3 is 1. The fraction of sp³-hybridized carbons (Fsp3) is 0.917. The summed E-state index contributed by atoms with van der Waals surface area (Å²) in [6.07, 6.45) is 2.47. The van der Waals surface area contributed by atoms with Crippen molar-refractivity contribution in [2.75, 3.05) is 20.3 Å². The van der Waals surface area contributed by atoms with Gasteiger partial charge in [0, 0.05) is 7.11 Å². The summed E-state index contributed by atoms with van der Waals surface area (Å²) < 4.78 is 5.01. The number of urea groups is 1. The number of hydrogen-bond acceptors (Lipinski definition) is 3. The highest BCUT2D eigenvalue weighted by Crippen LogP contribution is 2.10. The van der Waals surface area contributed by atoms with Crippen LogP contribution in [0, 0.1) is 0 Å². The number of ether oxygens (including phenoxy) is 1. The topological polar surface area (TPSA) is 70.6 Å². The molecule has 0 radical (unpaired) electrons. The average Bonchev–Trinajstić information content (AvgIpc) is 2.28. The van der Waals surface area contributed by atoms with Gasteiger partial charge in [0.15, 0.2) is 0 Å². The second-order valence-corrected chi connectivity index (χ2v) is 4.63. The third-order valence-corrected chi connectivity index (χ3v) is 2.76. The minimum absolute atomic E-state index is 0.00423. The van der Waals surface area contributed by atoms with Crippen molar-refractivity contribution in [1.29, 1.82) is 0 Å². The molecule has 0 saturated heterocycles. The first-order valence-corrected chi connectivity index (χ1v) is 6.19. The summed E-state index contributed by atoms with van der Waals surface area (Å²) in [5.41, 5.74) is -0.551. The number of amides is 2. The third-order valence-electron chi connectivity index (χ3n) is 2.76. The van der Waals surface area contributed by atoms with Gasteiger partial charge in [-0.3, -0.25) is 0 Å². The first kappa shape index (κ1) is 16.2. The molecule has 0 bridgehead atoms. The minimum atomic E-state index is -0.551. The van der Waals surface area contributed by atoms with Crippen LogP contribution in [0.15, 0.2) is 0 Å². The van der Waals surface area contributed by atoms with Crippen molar-refractivity contribution in [1.82, 2.24) is 10.6 Å². The van der Waals surface area contributed by atoms with Crippen molar-refractivity contribution >= 4 is 6.03 Å². The molecule has 0 heterocycles. The summed E-state index contributed by atoms with van der Waals surface area (Å²) in [6, 6.07) is -0.247. The highest BCUT2D eigenvalue weighted by molar-refractivity contribution is 5.75. The number of carbonyl (C=O) groups excluding carboxylic acids is 1. The first-order valence-electron chi connectivity index (χ1n) is 6.19. The van der Waals surface area contributed by atoms with Crippen LogP contribution < -0.4 is 10.6 Å². The van der Waals surface area contributed by atoms with E-state index in [1.807, 2.05) is 20.8 Å². The van der Waals surface area contributed by atoms with Crippen LogP contribution >= 0.6 is 0 Å². The number of nitrogens with one attached hydrogen (secondary N) is 2. The molecule has 0 aromatic heterocycles. The summed E-state index contributed by atoms with van der Waals surface area (Å²) in [7, 11) is 1.61. The van der Waals surface area contributed by atoms with E-state index < -0.39 is 5.54 Å². The van der Waals surface area contributed by atoms with Crippen LogP contribution in [0.1, 0.15) is 40.0 Å². The molecule has 0 aliphatic heterocycles. The quantitative estimate of drug-likeness (QED) is 0.604. The monoisotopic (exact) mass is 246 g/mol. The van der Waals surface area contributed by atoms with E-state index in [0.717, 1.165) is 19.3 Å². The van der Waals surface area contributed by atoms with E-state index in [1.165, 1.54) is 0 Å². The van der Waals surface area contributed by atoms with Gasteiger partial charge in [-0.2, -0.15) is 0 Å². The molecule has 102 valence electrons. The van der Waals surface area contributed by atoms with E-state index in [0.29, 0.717) is 6.61 Å². The molecule has 2 amide bonds. The summed E-state index contributed by atoms with van der Waals surface area (Å²) >= 11 is 0. The number of rotatable bonds is 8. The molecule has 0 rings (SSSR count). The van der Waals surface area contributed by atoms with Crippen LogP contribution in [0.25, 0.3) is 0 Å². The maximum Gasteiger partial charge on any atom is 0.315 e. The number of aliphatic hydroxyl groups is 1. The van der Waals surface area contributed by atoms with Crippen molar-refractivity contribution in [2.24, 2.45) is 0 Å². The molecule has 2 atom stereocenters. The SMILES string of the molecule is CCCC(C)(CO)NC(=O)NC(CC)COC. The Balaban J connectivity index is 4.22. The zero-order valence-electron chi connectivity index (χ0n) is 11.4. The highest BCUT2D eigenvalue weighted by Gasteiger charge is 2.25. The van der Waals surface area contributed by atoms with Gasteiger partial charge in [0.25, 0.3) is 0 Å². The second-order valence-electron chi connectivity index (χ2n) is 4.63. The van der Waals surface area contributed by atoms with Gasteiger partial charge in [0.05, 0.1) is 24.8 Å². The standard InChI is InChI=1S/C12H26N2O3/c1-5-7-12(3,9-15)14-11(16)13-10(6-2)8-17-4/h10,15H,5-9H2,1-4H3,(H2,13,14,16). The summed E-state index contributed by atoms with van der Waals surface area (Å²) in [5, 5.41) is 14.9. The Bertz CT molecular complexity index is 224. The van der Waals surface area contributed by atoms with Gasteiger partial charge in [-0.1, -0.05) is 20.3 Å². The lowest BCUT2D eigenvalue weighted by Gasteiger charge is -2.29.